The third-order valence-corrected chi connectivity index (χ3v) is 2.57. The number of nitrogens with zero attached hydrogens (tertiary/aromatic N) is 2. The first-order chi connectivity index (χ1) is 7.08. The van der Waals surface area contributed by atoms with Crippen LogP contribution in [0.3, 0.4) is 0 Å². The van der Waals surface area contributed by atoms with Gasteiger partial charge in [0.25, 0.3) is 0 Å². The molecule has 0 bridgehead atoms. The van der Waals surface area contributed by atoms with Gasteiger partial charge < -0.3 is 5.73 Å². The molecule has 1 aromatic carbocycles. The minimum Gasteiger partial charge on any atom is -0.374 e. The fraction of sp³-hybridized carbons (Fsp3) is 0.200. The second kappa shape index (κ2) is 5.72. The highest BCUT2D eigenvalue weighted by Crippen LogP contribution is 2.13. The van der Waals surface area contributed by atoms with Crippen molar-refractivity contribution < 1.29 is 0 Å². The summed E-state index contributed by atoms with van der Waals surface area (Å²) in [6.07, 6.45) is 0. The van der Waals surface area contributed by atoms with Gasteiger partial charge in [-0.1, -0.05) is 46.7 Å². The Morgan fingerprint density at radius 3 is 1.73 bits per heavy atom. The number of thiol groups is 1. The highest BCUT2D eigenvalue weighted by Gasteiger charge is 1.90. The van der Waals surface area contributed by atoms with Crippen molar-refractivity contribution >= 4 is 29.1 Å². The summed E-state index contributed by atoms with van der Waals surface area (Å²) in [5.74, 6) is 0. The lowest BCUT2D eigenvalue weighted by Crippen LogP contribution is -1.79. The maximum atomic E-state index is 5.17. The summed E-state index contributed by atoms with van der Waals surface area (Å²) in [6, 6.07) is 8.48. The second-order valence-electron chi connectivity index (χ2n) is 3.08. The zero-order valence-electron chi connectivity index (χ0n) is 8.64. The van der Waals surface area contributed by atoms with Crippen molar-refractivity contribution in [2.75, 3.05) is 5.73 Å². The summed E-state index contributed by atoms with van der Waals surface area (Å²) >= 11 is 5.13. The third kappa shape index (κ3) is 4.80. The number of hydrogen-bond donors (Lipinski definition) is 2. The molecule has 2 N–H and O–H groups in total. The molecule has 0 atom stereocenters. The van der Waals surface area contributed by atoms with Gasteiger partial charge in [0.2, 0.25) is 5.13 Å². The molecule has 1 aromatic heterocycles. The van der Waals surface area contributed by atoms with Crippen LogP contribution in [0.15, 0.2) is 28.6 Å². The van der Waals surface area contributed by atoms with E-state index in [1.165, 1.54) is 22.5 Å². The topological polar surface area (TPSA) is 51.8 Å². The third-order valence-electron chi connectivity index (χ3n) is 1.65. The Kier molecular flexibility index (Phi) is 4.58. The van der Waals surface area contributed by atoms with Crippen LogP contribution < -0.4 is 5.73 Å². The summed E-state index contributed by atoms with van der Waals surface area (Å²) in [6.45, 7) is 4.19. The first kappa shape index (κ1) is 12.0. The summed E-state index contributed by atoms with van der Waals surface area (Å²) in [7, 11) is 0. The highest BCUT2D eigenvalue weighted by molar-refractivity contribution is 7.82. The highest BCUT2D eigenvalue weighted by atomic mass is 32.2. The van der Waals surface area contributed by atoms with Gasteiger partial charge in [0.05, 0.1) is 0 Å². The van der Waals surface area contributed by atoms with Gasteiger partial charge in [0, 0.05) is 0 Å². The van der Waals surface area contributed by atoms with Gasteiger partial charge in [-0.05, 0) is 13.8 Å². The Bertz CT molecular complexity index is 371. The monoisotopic (exact) mass is 239 g/mol. The molecule has 0 spiro atoms. The molecule has 2 aromatic rings. The lowest BCUT2D eigenvalue weighted by molar-refractivity contribution is 1.02. The van der Waals surface area contributed by atoms with E-state index in [-0.39, 0.29) is 0 Å². The molecule has 3 nitrogen and oxygen atoms in total. The molecule has 0 saturated carbocycles. The fourth-order valence-corrected chi connectivity index (χ4v) is 1.54. The first-order valence-corrected chi connectivity index (χ1v) is 5.65. The van der Waals surface area contributed by atoms with Crippen LogP contribution in [-0.2, 0) is 0 Å². The maximum Gasteiger partial charge on any atom is 0.203 e. The van der Waals surface area contributed by atoms with Crippen molar-refractivity contribution in [2.24, 2.45) is 0 Å². The van der Waals surface area contributed by atoms with Gasteiger partial charge in [-0.15, -0.1) is 22.8 Å². The molecular formula is C10H13N3S2. The maximum absolute atomic E-state index is 5.17. The van der Waals surface area contributed by atoms with E-state index in [0.717, 1.165) is 0 Å². The number of hydrogen-bond acceptors (Lipinski definition) is 5. The molecule has 0 amide bonds. The molecule has 80 valence electrons. The van der Waals surface area contributed by atoms with Crippen molar-refractivity contribution in [2.45, 2.75) is 18.2 Å². The van der Waals surface area contributed by atoms with Crippen molar-refractivity contribution in [1.29, 1.82) is 0 Å². The average Bonchev–Trinajstić information content (AvgIpc) is 2.56. The Balaban J connectivity index is 0.000000151. The number of nitrogen functional groups attached to an aromatic ring is 1. The minimum absolute atomic E-state index is 0.463. The SMILES string of the molecule is Cc1ccc(C)cc1.Nc1nnc(S)s1. The summed E-state index contributed by atoms with van der Waals surface area (Å²) < 4.78 is 0.609. The Morgan fingerprint density at radius 1 is 1.07 bits per heavy atom. The van der Waals surface area contributed by atoms with E-state index in [9.17, 15) is 0 Å². The van der Waals surface area contributed by atoms with Crippen LogP contribution in [0.4, 0.5) is 5.13 Å². The number of anilines is 1. The average molecular weight is 239 g/mol. The quantitative estimate of drug-likeness (QED) is 0.695. The van der Waals surface area contributed by atoms with Crippen LogP contribution in [0.1, 0.15) is 11.1 Å². The predicted molar refractivity (Wildman–Crippen MR) is 67.5 cm³/mol. The number of benzene rings is 1. The number of aromatic nitrogens is 2. The Hall–Kier alpha value is -1.07. The molecular weight excluding hydrogens is 226 g/mol. The Labute approximate surface area is 98.8 Å². The molecule has 15 heavy (non-hydrogen) atoms. The summed E-state index contributed by atoms with van der Waals surface area (Å²) in [5.41, 5.74) is 7.83. The van der Waals surface area contributed by atoms with Gasteiger partial charge in [-0.25, -0.2) is 0 Å². The number of aryl methyl sites for hydroxylation is 2. The van der Waals surface area contributed by atoms with Crippen molar-refractivity contribution in [1.82, 2.24) is 10.2 Å². The number of rotatable bonds is 0. The van der Waals surface area contributed by atoms with Crippen LogP contribution in [0.5, 0.6) is 0 Å². The first-order valence-electron chi connectivity index (χ1n) is 4.39. The zero-order chi connectivity index (χ0) is 11.3. The van der Waals surface area contributed by atoms with E-state index in [0.29, 0.717) is 9.47 Å². The lowest BCUT2D eigenvalue weighted by atomic mass is 10.2. The summed E-state index contributed by atoms with van der Waals surface area (Å²) in [5, 5.41) is 7.47. The van der Waals surface area contributed by atoms with Gasteiger partial charge in [-0.3, -0.25) is 0 Å². The van der Waals surface area contributed by atoms with E-state index in [1.807, 2.05) is 0 Å². The molecule has 0 aliphatic rings. The van der Waals surface area contributed by atoms with E-state index in [1.54, 1.807) is 0 Å². The van der Waals surface area contributed by atoms with Crippen molar-refractivity contribution in [3.8, 4) is 0 Å². The molecule has 5 heteroatoms. The standard InChI is InChI=1S/C8H10.C2H3N3S2/c1-7-3-5-8(2)6-4-7;3-1-4-5-2(6)7-1/h3-6H,1-2H3;(H2,3,4)(H,5,6). The van der Waals surface area contributed by atoms with Crippen LogP contribution in [-0.4, -0.2) is 10.2 Å². The normalized spacial score (nSPS) is 9.27. The van der Waals surface area contributed by atoms with E-state index >= 15 is 0 Å². The Morgan fingerprint density at radius 2 is 1.53 bits per heavy atom. The van der Waals surface area contributed by atoms with E-state index < -0.39 is 0 Å². The molecule has 1 heterocycles. The summed E-state index contributed by atoms with van der Waals surface area (Å²) in [4.78, 5) is 0. The largest absolute Gasteiger partial charge is 0.374 e. The van der Waals surface area contributed by atoms with Crippen LogP contribution in [0.2, 0.25) is 0 Å². The molecule has 0 fully saturated rings. The van der Waals surface area contributed by atoms with Gasteiger partial charge in [0.1, 0.15) is 0 Å². The van der Waals surface area contributed by atoms with Crippen molar-refractivity contribution in [3.63, 3.8) is 0 Å². The molecule has 0 radical (unpaired) electrons. The van der Waals surface area contributed by atoms with Gasteiger partial charge in [0.15, 0.2) is 4.34 Å². The minimum atomic E-state index is 0.463. The molecule has 2 rings (SSSR count). The fourth-order valence-electron chi connectivity index (χ4n) is 0.863. The smallest absolute Gasteiger partial charge is 0.203 e. The van der Waals surface area contributed by atoms with Crippen LogP contribution in [0.25, 0.3) is 0 Å². The molecule has 0 saturated heterocycles. The van der Waals surface area contributed by atoms with Crippen LogP contribution in [0, 0.1) is 13.8 Å². The van der Waals surface area contributed by atoms with Gasteiger partial charge in [-0.2, -0.15) is 0 Å². The lowest BCUT2D eigenvalue weighted by Gasteiger charge is -1.90. The van der Waals surface area contributed by atoms with Crippen LogP contribution >= 0.6 is 24.0 Å². The number of nitrogens with two attached hydrogens (primary N) is 1. The molecule has 0 unspecified atom stereocenters. The zero-order valence-corrected chi connectivity index (χ0v) is 10.3. The predicted octanol–water partition coefficient (Wildman–Crippen LogP) is 2.71. The van der Waals surface area contributed by atoms with E-state index in [4.69, 9.17) is 5.73 Å². The second-order valence-corrected chi connectivity index (χ2v) is 4.81. The van der Waals surface area contributed by atoms with E-state index in [2.05, 4.69) is 60.9 Å². The van der Waals surface area contributed by atoms with Gasteiger partial charge >= 0.3 is 0 Å². The molecule has 0 aliphatic carbocycles. The van der Waals surface area contributed by atoms with Crippen molar-refractivity contribution in [3.05, 3.63) is 35.4 Å². The molecule has 0 aliphatic heterocycles.